The van der Waals surface area contributed by atoms with Gasteiger partial charge in [0.1, 0.15) is 6.61 Å². The Morgan fingerprint density at radius 1 is 1.48 bits per heavy atom. The van der Waals surface area contributed by atoms with E-state index in [0.717, 1.165) is 24.2 Å². The van der Waals surface area contributed by atoms with Gasteiger partial charge in [0.15, 0.2) is 0 Å². The number of rotatable bonds is 4. The predicted octanol–water partition coefficient (Wildman–Crippen LogP) is 1.51. The normalized spacial score (nSPS) is 18.3. The van der Waals surface area contributed by atoms with Gasteiger partial charge in [-0.1, -0.05) is 17.9 Å². The fourth-order valence-electron chi connectivity index (χ4n) is 2.20. The van der Waals surface area contributed by atoms with Crippen LogP contribution >= 0.6 is 11.8 Å². The summed E-state index contributed by atoms with van der Waals surface area (Å²) in [5.41, 5.74) is 1.36. The Morgan fingerprint density at radius 2 is 2.29 bits per heavy atom. The highest BCUT2D eigenvalue weighted by Crippen LogP contribution is 2.26. The molecular formula is C15H19NO3S2. The quantitative estimate of drug-likeness (QED) is 0.824. The average Bonchev–Trinajstić information content (AvgIpc) is 2.96. The smallest absolute Gasteiger partial charge is 0.241 e. The Kier molecular flexibility index (Phi) is 5.71. The molecule has 1 aliphatic rings. The standard InChI is InChI=1S/C15H19NO3S2/c1-12-6-7-15(13(10-12)4-2-8-17)21(18,19)16-11-14-5-3-9-20-14/h6-7,10,14,16-17H,3,5,8-9,11H2,1H3. The first kappa shape index (κ1) is 16.4. The number of hydrogen-bond donors (Lipinski definition) is 2. The molecule has 21 heavy (non-hydrogen) atoms. The van der Waals surface area contributed by atoms with Crippen LogP contribution in [-0.4, -0.2) is 37.7 Å². The summed E-state index contributed by atoms with van der Waals surface area (Å²) >= 11 is 1.81. The van der Waals surface area contributed by atoms with Crippen molar-refractivity contribution in [2.45, 2.75) is 29.9 Å². The number of hydrogen-bond acceptors (Lipinski definition) is 4. The molecular weight excluding hydrogens is 306 g/mol. The van der Waals surface area contributed by atoms with Gasteiger partial charge in [-0.2, -0.15) is 11.8 Å². The highest BCUT2D eigenvalue weighted by Gasteiger charge is 2.21. The lowest BCUT2D eigenvalue weighted by atomic mass is 10.1. The summed E-state index contributed by atoms with van der Waals surface area (Å²) in [6.45, 7) is 2.04. The molecule has 0 saturated carbocycles. The summed E-state index contributed by atoms with van der Waals surface area (Å²) in [4.78, 5) is 0.178. The third-order valence-corrected chi connectivity index (χ3v) is 6.13. The van der Waals surface area contributed by atoms with E-state index in [1.165, 1.54) is 0 Å². The van der Waals surface area contributed by atoms with Gasteiger partial charge in [-0.3, -0.25) is 0 Å². The summed E-state index contributed by atoms with van der Waals surface area (Å²) in [5.74, 6) is 6.33. The number of benzene rings is 1. The van der Waals surface area contributed by atoms with Crippen LogP contribution in [0.2, 0.25) is 0 Å². The summed E-state index contributed by atoms with van der Waals surface area (Å²) in [6.07, 6.45) is 2.20. The van der Waals surface area contributed by atoms with Gasteiger partial charge < -0.3 is 5.11 Å². The summed E-state index contributed by atoms with van der Waals surface area (Å²) in [7, 11) is -3.57. The molecule has 6 heteroatoms. The van der Waals surface area contributed by atoms with E-state index in [4.69, 9.17) is 5.11 Å². The van der Waals surface area contributed by atoms with Gasteiger partial charge in [-0.25, -0.2) is 13.1 Å². The first-order valence-corrected chi connectivity index (χ1v) is 9.38. The van der Waals surface area contributed by atoms with E-state index in [1.807, 2.05) is 18.7 Å². The van der Waals surface area contributed by atoms with Crippen molar-refractivity contribution < 1.29 is 13.5 Å². The molecule has 0 aliphatic carbocycles. The Morgan fingerprint density at radius 3 is 2.95 bits per heavy atom. The Labute approximate surface area is 130 Å². The van der Waals surface area contributed by atoms with E-state index in [1.54, 1.807) is 18.2 Å². The maximum absolute atomic E-state index is 12.4. The number of nitrogens with one attached hydrogen (secondary N) is 1. The van der Waals surface area contributed by atoms with Gasteiger partial charge in [-0.05, 0) is 43.2 Å². The minimum absolute atomic E-state index is 0.178. The molecule has 2 N–H and O–H groups in total. The Hall–Kier alpha value is -1.00. The molecule has 1 saturated heterocycles. The molecule has 1 heterocycles. The SMILES string of the molecule is Cc1ccc(S(=O)(=O)NCC2CCCS2)c(C#CCO)c1. The molecule has 1 unspecified atom stereocenters. The largest absolute Gasteiger partial charge is 0.384 e. The monoisotopic (exact) mass is 325 g/mol. The van der Waals surface area contributed by atoms with E-state index in [-0.39, 0.29) is 11.5 Å². The van der Waals surface area contributed by atoms with Crippen molar-refractivity contribution in [3.63, 3.8) is 0 Å². The van der Waals surface area contributed by atoms with Crippen LogP contribution in [0.3, 0.4) is 0 Å². The van der Waals surface area contributed by atoms with E-state index >= 15 is 0 Å². The van der Waals surface area contributed by atoms with E-state index < -0.39 is 10.0 Å². The fraction of sp³-hybridized carbons (Fsp3) is 0.467. The van der Waals surface area contributed by atoms with Crippen molar-refractivity contribution in [2.24, 2.45) is 0 Å². The van der Waals surface area contributed by atoms with Crippen LogP contribution in [0, 0.1) is 18.8 Å². The molecule has 1 fully saturated rings. The second kappa shape index (κ2) is 7.32. The van der Waals surface area contributed by atoms with Crippen molar-refractivity contribution in [1.29, 1.82) is 0 Å². The van der Waals surface area contributed by atoms with Crippen LogP contribution in [0.25, 0.3) is 0 Å². The number of sulfonamides is 1. The highest BCUT2D eigenvalue weighted by molar-refractivity contribution is 8.00. The zero-order valence-electron chi connectivity index (χ0n) is 11.9. The number of aryl methyl sites for hydroxylation is 1. The molecule has 1 aromatic rings. The molecule has 0 radical (unpaired) electrons. The molecule has 0 bridgehead atoms. The fourth-order valence-corrected chi connectivity index (χ4v) is 4.73. The number of thioether (sulfide) groups is 1. The second-order valence-corrected chi connectivity index (χ2v) is 8.09. The molecule has 0 spiro atoms. The Bertz CT molecular complexity index is 653. The lowest BCUT2D eigenvalue weighted by Gasteiger charge is -2.12. The van der Waals surface area contributed by atoms with Crippen LogP contribution in [0.5, 0.6) is 0 Å². The van der Waals surface area contributed by atoms with Gasteiger partial charge in [0.25, 0.3) is 0 Å². The van der Waals surface area contributed by atoms with E-state index in [2.05, 4.69) is 16.6 Å². The van der Waals surface area contributed by atoms with Crippen molar-refractivity contribution >= 4 is 21.8 Å². The van der Waals surface area contributed by atoms with Crippen molar-refractivity contribution in [3.8, 4) is 11.8 Å². The zero-order valence-corrected chi connectivity index (χ0v) is 13.6. The molecule has 1 atom stereocenters. The summed E-state index contributed by atoms with van der Waals surface area (Å²) in [5, 5.41) is 9.15. The molecule has 4 nitrogen and oxygen atoms in total. The molecule has 2 rings (SSSR count). The average molecular weight is 325 g/mol. The maximum Gasteiger partial charge on any atom is 0.241 e. The minimum atomic E-state index is -3.57. The van der Waals surface area contributed by atoms with E-state index in [0.29, 0.717) is 17.4 Å². The third kappa shape index (κ3) is 4.48. The van der Waals surface area contributed by atoms with Crippen LogP contribution in [0.15, 0.2) is 23.1 Å². The maximum atomic E-state index is 12.4. The van der Waals surface area contributed by atoms with Gasteiger partial charge in [-0.15, -0.1) is 0 Å². The van der Waals surface area contributed by atoms with Crippen LogP contribution in [-0.2, 0) is 10.0 Å². The number of aliphatic hydroxyl groups is 1. The van der Waals surface area contributed by atoms with E-state index in [9.17, 15) is 8.42 Å². The second-order valence-electron chi connectivity index (χ2n) is 4.95. The van der Waals surface area contributed by atoms with Gasteiger partial charge in [0, 0.05) is 17.4 Å². The minimum Gasteiger partial charge on any atom is -0.384 e. The molecule has 0 aromatic heterocycles. The lowest BCUT2D eigenvalue weighted by molar-refractivity contribution is 0.350. The van der Waals surface area contributed by atoms with Crippen molar-refractivity contribution in [1.82, 2.24) is 4.72 Å². The van der Waals surface area contributed by atoms with Crippen LogP contribution in [0.1, 0.15) is 24.0 Å². The topological polar surface area (TPSA) is 66.4 Å². The third-order valence-electron chi connectivity index (χ3n) is 3.25. The van der Waals surface area contributed by atoms with Crippen LogP contribution in [0.4, 0.5) is 0 Å². The number of aliphatic hydroxyl groups excluding tert-OH is 1. The van der Waals surface area contributed by atoms with Crippen molar-refractivity contribution in [3.05, 3.63) is 29.3 Å². The first-order valence-electron chi connectivity index (χ1n) is 6.84. The van der Waals surface area contributed by atoms with Gasteiger partial charge in [0.2, 0.25) is 10.0 Å². The molecule has 0 amide bonds. The molecule has 114 valence electrons. The Balaban J connectivity index is 2.21. The summed E-state index contributed by atoms with van der Waals surface area (Å²) < 4.78 is 27.5. The van der Waals surface area contributed by atoms with Crippen LogP contribution < -0.4 is 4.72 Å². The highest BCUT2D eigenvalue weighted by atomic mass is 32.2. The van der Waals surface area contributed by atoms with Gasteiger partial charge >= 0.3 is 0 Å². The van der Waals surface area contributed by atoms with Crippen molar-refractivity contribution in [2.75, 3.05) is 18.9 Å². The predicted molar refractivity (Wildman–Crippen MR) is 85.8 cm³/mol. The molecule has 1 aliphatic heterocycles. The lowest BCUT2D eigenvalue weighted by Crippen LogP contribution is -2.30. The molecule has 1 aromatic carbocycles. The zero-order chi connectivity index (χ0) is 15.3. The summed E-state index contributed by atoms with van der Waals surface area (Å²) in [6, 6.07) is 5.05. The first-order chi connectivity index (χ1) is 10.0. The van der Waals surface area contributed by atoms with Gasteiger partial charge in [0.05, 0.1) is 4.90 Å².